The predicted octanol–water partition coefficient (Wildman–Crippen LogP) is 2.99. The van der Waals surface area contributed by atoms with Gasteiger partial charge in [-0.25, -0.2) is 9.37 Å². The van der Waals surface area contributed by atoms with Crippen LogP contribution in [0.4, 0.5) is 4.39 Å². The Morgan fingerprint density at radius 1 is 1.56 bits per heavy atom. The van der Waals surface area contributed by atoms with Crippen molar-refractivity contribution in [3.05, 3.63) is 50.7 Å². The summed E-state index contributed by atoms with van der Waals surface area (Å²) in [5.74, 6) is 5.19. The van der Waals surface area contributed by atoms with E-state index in [1.807, 2.05) is 12.3 Å². The first-order valence-electron chi connectivity index (χ1n) is 5.42. The van der Waals surface area contributed by atoms with Crippen molar-refractivity contribution in [3.8, 4) is 0 Å². The molecule has 0 fully saturated rings. The van der Waals surface area contributed by atoms with Crippen molar-refractivity contribution in [3.63, 3.8) is 0 Å². The molecule has 0 aliphatic carbocycles. The van der Waals surface area contributed by atoms with Gasteiger partial charge in [-0.05, 0) is 30.7 Å². The van der Waals surface area contributed by atoms with Crippen LogP contribution >= 0.6 is 22.9 Å². The summed E-state index contributed by atoms with van der Waals surface area (Å²) in [6.45, 7) is 1.94. The monoisotopic (exact) mass is 285 g/mol. The lowest BCUT2D eigenvalue weighted by Crippen LogP contribution is -2.30. The van der Waals surface area contributed by atoms with Gasteiger partial charge in [0.05, 0.1) is 16.7 Å². The largest absolute Gasteiger partial charge is 0.271 e. The Morgan fingerprint density at radius 2 is 2.33 bits per heavy atom. The summed E-state index contributed by atoms with van der Waals surface area (Å²) in [7, 11) is 0. The highest BCUT2D eigenvalue weighted by Gasteiger charge is 2.16. The minimum absolute atomic E-state index is 0.255. The fraction of sp³-hybridized carbons (Fsp3) is 0.250. The molecule has 18 heavy (non-hydrogen) atoms. The van der Waals surface area contributed by atoms with Crippen molar-refractivity contribution < 1.29 is 4.39 Å². The van der Waals surface area contributed by atoms with E-state index in [-0.39, 0.29) is 11.9 Å². The second-order valence-corrected chi connectivity index (χ2v) is 5.42. The first-order chi connectivity index (χ1) is 8.60. The van der Waals surface area contributed by atoms with Gasteiger partial charge in [0.15, 0.2) is 0 Å². The van der Waals surface area contributed by atoms with Gasteiger partial charge in [-0.2, -0.15) is 0 Å². The summed E-state index contributed by atoms with van der Waals surface area (Å²) in [4.78, 5) is 4.36. The van der Waals surface area contributed by atoms with E-state index in [1.54, 1.807) is 11.3 Å². The Bertz CT molecular complexity index is 544. The van der Waals surface area contributed by atoms with Gasteiger partial charge in [0.2, 0.25) is 0 Å². The van der Waals surface area contributed by atoms with E-state index in [9.17, 15) is 4.39 Å². The fourth-order valence-corrected chi connectivity index (χ4v) is 2.63. The number of nitrogens with one attached hydrogen (secondary N) is 1. The molecule has 1 heterocycles. The molecule has 0 radical (unpaired) electrons. The SMILES string of the molecule is Cc1nc(CC(NN)c2cc(F)ccc2Cl)cs1. The lowest BCUT2D eigenvalue weighted by atomic mass is 10.0. The Kier molecular flexibility index (Phi) is 4.29. The highest BCUT2D eigenvalue weighted by atomic mass is 35.5. The second kappa shape index (κ2) is 5.75. The van der Waals surface area contributed by atoms with E-state index in [4.69, 9.17) is 17.4 Å². The van der Waals surface area contributed by atoms with Crippen LogP contribution in [-0.2, 0) is 6.42 Å². The van der Waals surface area contributed by atoms with Gasteiger partial charge in [-0.15, -0.1) is 11.3 Å². The molecule has 6 heteroatoms. The number of thiazole rings is 1. The van der Waals surface area contributed by atoms with Crippen LogP contribution in [-0.4, -0.2) is 4.98 Å². The molecule has 0 spiro atoms. The third-order valence-corrected chi connectivity index (χ3v) is 3.78. The number of halogens is 2. The number of hydrogen-bond donors (Lipinski definition) is 2. The summed E-state index contributed by atoms with van der Waals surface area (Å²) in [5.41, 5.74) is 4.22. The molecule has 3 N–H and O–H groups in total. The maximum atomic E-state index is 13.2. The van der Waals surface area contributed by atoms with E-state index in [0.717, 1.165) is 10.7 Å². The van der Waals surface area contributed by atoms with Gasteiger partial charge in [-0.1, -0.05) is 11.6 Å². The smallest absolute Gasteiger partial charge is 0.123 e. The van der Waals surface area contributed by atoms with Gasteiger partial charge in [0, 0.05) is 16.8 Å². The zero-order valence-corrected chi connectivity index (χ0v) is 11.4. The molecule has 1 aromatic carbocycles. The van der Waals surface area contributed by atoms with E-state index < -0.39 is 0 Å². The van der Waals surface area contributed by atoms with Crippen molar-refractivity contribution >= 4 is 22.9 Å². The van der Waals surface area contributed by atoms with Gasteiger partial charge in [0.1, 0.15) is 5.82 Å². The lowest BCUT2D eigenvalue weighted by molar-refractivity contribution is 0.540. The standard InChI is InChI=1S/C12H13ClFN3S/c1-7-16-9(6-18-7)5-12(17-15)10-4-8(14)2-3-11(10)13/h2-4,6,12,17H,5,15H2,1H3. The van der Waals surface area contributed by atoms with Crippen molar-refractivity contribution in [1.29, 1.82) is 0 Å². The zero-order chi connectivity index (χ0) is 13.1. The molecule has 1 unspecified atom stereocenters. The number of hydrogen-bond acceptors (Lipinski definition) is 4. The minimum atomic E-state index is -0.330. The van der Waals surface area contributed by atoms with E-state index in [1.165, 1.54) is 18.2 Å². The summed E-state index contributed by atoms with van der Waals surface area (Å²) in [6, 6.07) is 4.00. The molecule has 3 nitrogen and oxygen atoms in total. The van der Waals surface area contributed by atoms with Crippen LogP contribution in [0.15, 0.2) is 23.6 Å². The van der Waals surface area contributed by atoms with Crippen molar-refractivity contribution in [1.82, 2.24) is 10.4 Å². The second-order valence-electron chi connectivity index (χ2n) is 3.95. The third-order valence-electron chi connectivity index (χ3n) is 2.61. The van der Waals surface area contributed by atoms with Crippen LogP contribution < -0.4 is 11.3 Å². The highest BCUT2D eigenvalue weighted by Crippen LogP contribution is 2.26. The number of benzene rings is 1. The molecule has 2 rings (SSSR count). The Hall–Kier alpha value is -1.01. The number of aromatic nitrogens is 1. The first kappa shape index (κ1) is 13.4. The average Bonchev–Trinajstić information content (AvgIpc) is 2.75. The average molecular weight is 286 g/mol. The minimum Gasteiger partial charge on any atom is -0.271 e. The molecular formula is C12H13ClFN3S. The molecule has 96 valence electrons. The van der Waals surface area contributed by atoms with Crippen LogP contribution in [0.25, 0.3) is 0 Å². The molecule has 1 atom stereocenters. The van der Waals surface area contributed by atoms with Crippen LogP contribution in [0.1, 0.15) is 22.3 Å². The van der Waals surface area contributed by atoms with Gasteiger partial charge < -0.3 is 0 Å². The topological polar surface area (TPSA) is 50.9 Å². The predicted molar refractivity (Wildman–Crippen MR) is 72.0 cm³/mol. The summed E-state index contributed by atoms with van der Waals surface area (Å²) >= 11 is 7.63. The maximum Gasteiger partial charge on any atom is 0.123 e. The number of aryl methyl sites for hydroxylation is 1. The molecule has 0 amide bonds. The van der Waals surface area contributed by atoms with Crippen LogP contribution in [0.3, 0.4) is 0 Å². The number of hydrazine groups is 1. The molecule has 0 aliphatic rings. The quantitative estimate of drug-likeness (QED) is 0.671. The highest BCUT2D eigenvalue weighted by molar-refractivity contribution is 7.09. The molecule has 0 saturated heterocycles. The van der Waals surface area contributed by atoms with Crippen molar-refractivity contribution in [2.45, 2.75) is 19.4 Å². The van der Waals surface area contributed by atoms with Crippen LogP contribution in [0, 0.1) is 12.7 Å². The summed E-state index contributed by atoms with van der Waals surface area (Å²) < 4.78 is 13.2. The lowest BCUT2D eigenvalue weighted by Gasteiger charge is -2.16. The third kappa shape index (κ3) is 3.05. The normalized spacial score (nSPS) is 12.7. The fourth-order valence-electron chi connectivity index (χ4n) is 1.75. The van der Waals surface area contributed by atoms with E-state index >= 15 is 0 Å². The van der Waals surface area contributed by atoms with E-state index in [2.05, 4.69) is 10.4 Å². The molecular weight excluding hydrogens is 273 g/mol. The van der Waals surface area contributed by atoms with Gasteiger partial charge in [0.25, 0.3) is 0 Å². The summed E-state index contributed by atoms with van der Waals surface area (Å²) in [5, 5.41) is 3.45. The molecule has 2 aromatic rings. The summed E-state index contributed by atoms with van der Waals surface area (Å²) in [6.07, 6.45) is 0.573. The number of nitrogens with two attached hydrogens (primary N) is 1. The van der Waals surface area contributed by atoms with Crippen molar-refractivity contribution in [2.24, 2.45) is 5.84 Å². The Morgan fingerprint density at radius 3 is 2.94 bits per heavy atom. The Balaban J connectivity index is 2.25. The van der Waals surface area contributed by atoms with Crippen molar-refractivity contribution in [2.75, 3.05) is 0 Å². The molecule has 0 aliphatic heterocycles. The number of nitrogens with zero attached hydrogens (tertiary/aromatic N) is 1. The number of rotatable bonds is 4. The molecule has 0 bridgehead atoms. The first-order valence-corrected chi connectivity index (χ1v) is 6.68. The van der Waals surface area contributed by atoms with Gasteiger partial charge >= 0.3 is 0 Å². The van der Waals surface area contributed by atoms with E-state index in [0.29, 0.717) is 17.0 Å². The van der Waals surface area contributed by atoms with Gasteiger partial charge in [-0.3, -0.25) is 11.3 Å². The zero-order valence-electron chi connectivity index (χ0n) is 9.78. The Labute approximate surface area is 114 Å². The molecule has 1 aromatic heterocycles. The maximum absolute atomic E-state index is 13.2. The molecule has 0 saturated carbocycles. The van der Waals surface area contributed by atoms with Crippen LogP contribution in [0.5, 0.6) is 0 Å². The van der Waals surface area contributed by atoms with Crippen LogP contribution in [0.2, 0.25) is 5.02 Å².